The van der Waals surface area contributed by atoms with E-state index in [1.807, 2.05) is 6.07 Å². The molecule has 0 bridgehead atoms. The van der Waals surface area contributed by atoms with Crippen molar-refractivity contribution >= 4 is 11.6 Å². The van der Waals surface area contributed by atoms with Gasteiger partial charge in [0.2, 0.25) is 0 Å². The summed E-state index contributed by atoms with van der Waals surface area (Å²) in [6.45, 7) is 8.62. The normalized spacial score (nSPS) is 16.2. The van der Waals surface area contributed by atoms with E-state index >= 15 is 0 Å². The van der Waals surface area contributed by atoms with Crippen LogP contribution in [0.3, 0.4) is 0 Å². The van der Waals surface area contributed by atoms with Crippen LogP contribution in [-0.4, -0.2) is 23.1 Å². The highest BCUT2D eigenvalue weighted by atomic mass is 15.1. The number of hydrogen-bond donors (Lipinski definition) is 2. The highest BCUT2D eigenvalue weighted by Crippen LogP contribution is 2.44. The Balaban J connectivity index is 2.03. The topological polar surface area (TPSA) is 49.8 Å². The second-order valence-corrected chi connectivity index (χ2v) is 5.90. The number of hydrogen-bond acceptors (Lipinski definition) is 4. The average Bonchev–Trinajstić information content (AvgIpc) is 3.13. The van der Waals surface area contributed by atoms with E-state index in [1.165, 1.54) is 12.8 Å². The minimum absolute atomic E-state index is 0.493. The summed E-state index contributed by atoms with van der Waals surface area (Å²) in [7, 11) is 0. The van der Waals surface area contributed by atoms with Crippen LogP contribution in [-0.2, 0) is 6.42 Å². The Morgan fingerprint density at radius 2 is 1.79 bits per heavy atom. The molecular formula is C15H26N4. The number of rotatable bonds is 8. The molecule has 1 aliphatic rings. The van der Waals surface area contributed by atoms with Crippen LogP contribution < -0.4 is 10.6 Å². The van der Waals surface area contributed by atoms with Crippen LogP contribution in [0.15, 0.2) is 6.07 Å². The molecule has 19 heavy (non-hydrogen) atoms. The molecule has 0 aromatic carbocycles. The monoisotopic (exact) mass is 262 g/mol. The molecule has 106 valence electrons. The predicted molar refractivity (Wildman–Crippen MR) is 80.6 cm³/mol. The molecule has 1 aromatic rings. The molecule has 0 radical (unpaired) electrons. The molecule has 0 saturated heterocycles. The first-order chi connectivity index (χ1) is 9.15. The minimum atomic E-state index is 0.493. The maximum atomic E-state index is 4.60. The van der Waals surface area contributed by atoms with Crippen LogP contribution in [0.1, 0.15) is 52.3 Å². The van der Waals surface area contributed by atoms with Gasteiger partial charge in [0.1, 0.15) is 17.5 Å². The van der Waals surface area contributed by atoms with Crippen molar-refractivity contribution in [1.82, 2.24) is 9.97 Å². The van der Waals surface area contributed by atoms with Crippen molar-refractivity contribution in [3.8, 4) is 0 Å². The van der Waals surface area contributed by atoms with Crippen LogP contribution in [0.25, 0.3) is 0 Å². The zero-order valence-corrected chi connectivity index (χ0v) is 12.4. The van der Waals surface area contributed by atoms with E-state index in [0.717, 1.165) is 49.8 Å². The van der Waals surface area contributed by atoms with Crippen molar-refractivity contribution < 1.29 is 0 Å². The van der Waals surface area contributed by atoms with Gasteiger partial charge >= 0.3 is 0 Å². The maximum absolute atomic E-state index is 4.60. The Morgan fingerprint density at radius 1 is 1.11 bits per heavy atom. The summed E-state index contributed by atoms with van der Waals surface area (Å²) >= 11 is 0. The molecule has 1 fully saturated rings. The van der Waals surface area contributed by atoms with Gasteiger partial charge in [-0.25, -0.2) is 9.97 Å². The standard InChI is InChI=1S/C15H26N4/c1-4-6-12-18-13(16-9-5-2)10-14(19-12)17-11-15(3)7-8-15/h10H,4-9,11H2,1-3H3,(H2,16,17,18,19). The predicted octanol–water partition coefficient (Wildman–Crippen LogP) is 3.46. The van der Waals surface area contributed by atoms with E-state index in [4.69, 9.17) is 0 Å². The van der Waals surface area contributed by atoms with E-state index in [0.29, 0.717) is 5.41 Å². The molecule has 2 N–H and O–H groups in total. The number of nitrogens with one attached hydrogen (secondary N) is 2. The molecule has 0 unspecified atom stereocenters. The fraction of sp³-hybridized carbons (Fsp3) is 0.733. The van der Waals surface area contributed by atoms with Gasteiger partial charge in [0.15, 0.2) is 0 Å². The van der Waals surface area contributed by atoms with Crippen molar-refractivity contribution in [2.75, 3.05) is 23.7 Å². The van der Waals surface area contributed by atoms with Gasteiger partial charge in [0.25, 0.3) is 0 Å². The Labute approximate surface area is 116 Å². The zero-order valence-electron chi connectivity index (χ0n) is 12.4. The van der Waals surface area contributed by atoms with Crippen molar-refractivity contribution in [3.63, 3.8) is 0 Å². The van der Waals surface area contributed by atoms with Gasteiger partial charge in [0, 0.05) is 25.6 Å². The van der Waals surface area contributed by atoms with Gasteiger partial charge in [-0.1, -0.05) is 20.8 Å². The lowest BCUT2D eigenvalue weighted by Gasteiger charge is -2.13. The Bertz CT molecular complexity index is 413. The van der Waals surface area contributed by atoms with Crippen LogP contribution in [0.4, 0.5) is 11.6 Å². The molecule has 1 heterocycles. The molecule has 1 aliphatic carbocycles. The lowest BCUT2D eigenvalue weighted by molar-refractivity contribution is 0.609. The van der Waals surface area contributed by atoms with E-state index in [2.05, 4.69) is 41.4 Å². The molecule has 1 saturated carbocycles. The van der Waals surface area contributed by atoms with Gasteiger partial charge in [-0.15, -0.1) is 0 Å². The van der Waals surface area contributed by atoms with Crippen LogP contribution in [0.2, 0.25) is 0 Å². The van der Waals surface area contributed by atoms with Crippen molar-refractivity contribution in [3.05, 3.63) is 11.9 Å². The fourth-order valence-electron chi connectivity index (χ4n) is 1.96. The molecule has 0 atom stereocenters. The van der Waals surface area contributed by atoms with Crippen LogP contribution in [0, 0.1) is 5.41 Å². The lowest BCUT2D eigenvalue weighted by Crippen LogP contribution is -2.14. The third kappa shape index (κ3) is 4.37. The summed E-state index contributed by atoms with van der Waals surface area (Å²) in [5, 5.41) is 6.83. The molecule has 0 spiro atoms. The molecular weight excluding hydrogens is 236 g/mol. The first-order valence-corrected chi connectivity index (χ1v) is 7.51. The first kappa shape index (κ1) is 14.1. The lowest BCUT2D eigenvalue weighted by atomic mass is 10.1. The quantitative estimate of drug-likeness (QED) is 0.753. The second-order valence-electron chi connectivity index (χ2n) is 5.90. The summed E-state index contributed by atoms with van der Waals surface area (Å²) in [5.74, 6) is 2.85. The highest BCUT2D eigenvalue weighted by molar-refractivity contribution is 5.47. The molecule has 2 rings (SSSR count). The summed E-state index contributed by atoms with van der Waals surface area (Å²) < 4.78 is 0. The van der Waals surface area contributed by atoms with Crippen LogP contribution >= 0.6 is 0 Å². The minimum Gasteiger partial charge on any atom is -0.370 e. The largest absolute Gasteiger partial charge is 0.370 e. The molecule has 4 heteroatoms. The fourth-order valence-corrected chi connectivity index (χ4v) is 1.96. The van der Waals surface area contributed by atoms with Gasteiger partial charge in [0.05, 0.1) is 0 Å². The van der Waals surface area contributed by atoms with E-state index in [1.54, 1.807) is 0 Å². The Hall–Kier alpha value is -1.32. The summed E-state index contributed by atoms with van der Waals surface area (Å²) in [4.78, 5) is 9.16. The highest BCUT2D eigenvalue weighted by Gasteiger charge is 2.36. The van der Waals surface area contributed by atoms with Crippen LogP contribution in [0.5, 0.6) is 0 Å². The van der Waals surface area contributed by atoms with Crippen molar-refractivity contribution in [2.45, 2.75) is 52.9 Å². The van der Waals surface area contributed by atoms with E-state index in [9.17, 15) is 0 Å². The number of anilines is 2. The van der Waals surface area contributed by atoms with E-state index in [-0.39, 0.29) is 0 Å². The van der Waals surface area contributed by atoms with E-state index < -0.39 is 0 Å². The maximum Gasteiger partial charge on any atom is 0.133 e. The number of aromatic nitrogens is 2. The first-order valence-electron chi connectivity index (χ1n) is 7.51. The van der Waals surface area contributed by atoms with Gasteiger partial charge in [-0.2, -0.15) is 0 Å². The zero-order chi connectivity index (χ0) is 13.7. The Morgan fingerprint density at radius 3 is 2.37 bits per heavy atom. The van der Waals surface area contributed by atoms with Crippen molar-refractivity contribution in [2.24, 2.45) is 5.41 Å². The molecule has 0 amide bonds. The summed E-state index contributed by atoms with van der Waals surface area (Å²) in [6, 6.07) is 2.03. The summed E-state index contributed by atoms with van der Waals surface area (Å²) in [6.07, 6.45) is 5.78. The average molecular weight is 262 g/mol. The SMILES string of the molecule is CCCNc1cc(NCC2(C)CC2)nc(CCC)n1. The number of aryl methyl sites for hydroxylation is 1. The Kier molecular flexibility index (Phi) is 4.61. The molecule has 1 aromatic heterocycles. The van der Waals surface area contributed by atoms with Gasteiger partial charge in [-0.3, -0.25) is 0 Å². The third-order valence-electron chi connectivity index (χ3n) is 3.60. The van der Waals surface area contributed by atoms with Gasteiger partial charge in [-0.05, 0) is 31.1 Å². The van der Waals surface area contributed by atoms with Gasteiger partial charge < -0.3 is 10.6 Å². The molecule has 0 aliphatic heterocycles. The second kappa shape index (κ2) is 6.22. The number of nitrogens with zero attached hydrogens (tertiary/aromatic N) is 2. The third-order valence-corrected chi connectivity index (χ3v) is 3.60. The van der Waals surface area contributed by atoms with Crippen molar-refractivity contribution in [1.29, 1.82) is 0 Å². The summed E-state index contributed by atoms with van der Waals surface area (Å²) in [5.41, 5.74) is 0.493. The molecule has 4 nitrogen and oxygen atoms in total. The smallest absolute Gasteiger partial charge is 0.133 e.